The number of nitrogens with one attached hydrogen (secondary N) is 1. The minimum atomic E-state index is -0.320. The van der Waals surface area contributed by atoms with E-state index in [1.54, 1.807) is 13.2 Å². The van der Waals surface area contributed by atoms with Crippen LogP contribution in [0.2, 0.25) is 10.0 Å². The lowest BCUT2D eigenvalue weighted by atomic mass is 9.82. The molecule has 0 saturated heterocycles. The highest BCUT2D eigenvalue weighted by atomic mass is 35.5. The zero-order chi connectivity index (χ0) is 14.6. The maximum absolute atomic E-state index is 6.36. The van der Waals surface area contributed by atoms with E-state index in [0.29, 0.717) is 10.0 Å². The van der Waals surface area contributed by atoms with Crippen molar-refractivity contribution in [2.24, 2.45) is 5.84 Å². The van der Waals surface area contributed by atoms with E-state index in [4.69, 9.17) is 33.8 Å². The van der Waals surface area contributed by atoms with Crippen LogP contribution in [0.3, 0.4) is 0 Å². The molecule has 5 heteroatoms. The monoisotopic (exact) mass is 316 g/mol. The number of nitrogens with two attached hydrogens (primary N) is 1. The molecule has 1 aromatic rings. The van der Waals surface area contributed by atoms with Crippen molar-refractivity contribution in [3.05, 3.63) is 33.8 Å². The van der Waals surface area contributed by atoms with E-state index in [1.807, 2.05) is 12.1 Å². The highest BCUT2D eigenvalue weighted by molar-refractivity contribution is 6.42. The van der Waals surface area contributed by atoms with Crippen LogP contribution in [0.4, 0.5) is 0 Å². The van der Waals surface area contributed by atoms with Crippen LogP contribution in [0.15, 0.2) is 18.2 Å². The molecule has 1 unspecified atom stereocenters. The summed E-state index contributed by atoms with van der Waals surface area (Å²) >= 11 is 12.5. The van der Waals surface area contributed by atoms with Crippen molar-refractivity contribution >= 4 is 23.2 Å². The average molecular weight is 317 g/mol. The summed E-state index contributed by atoms with van der Waals surface area (Å²) in [7, 11) is 1.76. The van der Waals surface area contributed by atoms with Gasteiger partial charge in [0, 0.05) is 7.11 Å². The molecule has 0 aliphatic heterocycles. The molecule has 0 heterocycles. The molecule has 0 amide bonds. The van der Waals surface area contributed by atoms with Crippen LogP contribution in [-0.4, -0.2) is 12.7 Å². The van der Waals surface area contributed by atoms with E-state index < -0.39 is 0 Å². The van der Waals surface area contributed by atoms with Crippen LogP contribution in [0.1, 0.15) is 50.1 Å². The highest BCUT2D eigenvalue weighted by Crippen LogP contribution is 2.42. The van der Waals surface area contributed by atoms with Gasteiger partial charge in [-0.1, -0.05) is 61.0 Å². The van der Waals surface area contributed by atoms with Gasteiger partial charge in [-0.05, 0) is 24.5 Å². The zero-order valence-electron chi connectivity index (χ0n) is 11.8. The lowest BCUT2D eigenvalue weighted by Gasteiger charge is -2.39. The number of hydrogen-bond acceptors (Lipinski definition) is 3. The first kappa shape index (κ1) is 16.1. The van der Waals surface area contributed by atoms with Crippen molar-refractivity contribution in [2.45, 2.75) is 50.2 Å². The minimum absolute atomic E-state index is 0.156. The minimum Gasteiger partial charge on any atom is -0.376 e. The first-order chi connectivity index (χ1) is 9.64. The maximum Gasteiger partial charge on any atom is 0.0886 e. The van der Waals surface area contributed by atoms with Crippen LogP contribution in [0.25, 0.3) is 0 Å². The van der Waals surface area contributed by atoms with E-state index >= 15 is 0 Å². The summed E-state index contributed by atoms with van der Waals surface area (Å²) in [4.78, 5) is 0. The molecule has 1 saturated carbocycles. The molecule has 1 aliphatic carbocycles. The van der Waals surface area contributed by atoms with Crippen molar-refractivity contribution in [3.63, 3.8) is 0 Å². The van der Waals surface area contributed by atoms with Gasteiger partial charge in [0.2, 0.25) is 0 Å². The quantitative estimate of drug-likeness (QED) is 0.496. The van der Waals surface area contributed by atoms with Gasteiger partial charge in [-0.15, -0.1) is 0 Å². The highest BCUT2D eigenvalue weighted by Gasteiger charge is 2.40. The summed E-state index contributed by atoms with van der Waals surface area (Å²) in [5.41, 5.74) is 3.50. The normalized spacial score (nSPS) is 20.4. The van der Waals surface area contributed by atoms with Crippen molar-refractivity contribution in [1.82, 2.24) is 5.43 Å². The second-order valence-electron chi connectivity index (χ2n) is 5.43. The van der Waals surface area contributed by atoms with E-state index in [2.05, 4.69) is 5.43 Å². The Morgan fingerprint density at radius 1 is 1.20 bits per heavy atom. The summed E-state index contributed by atoms with van der Waals surface area (Å²) in [6, 6.07) is 5.49. The fraction of sp³-hybridized carbons (Fsp3) is 0.600. The third-order valence-electron chi connectivity index (χ3n) is 4.34. The summed E-state index contributed by atoms with van der Waals surface area (Å²) in [6.45, 7) is 0. The Morgan fingerprint density at radius 3 is 2.40 bits per heavy atom. The predicted molar refractivity (Wildman–Crippen MR) is 84.0 cm³/mol. The smallest absolute Gasteiger partial charge is 0.0886 e. The molecule has 0 radical (unpaired) electrons. The Hall–Kier alpha value is -0.320. The third kappa shape index (κ3) is 3.12. The van der Waals surface area contributed by atoms with Gasteiger partial charge in [0.25, 0.3) is 0 Å². The van der Waals surface area contributed by atoms with Gasteiger partial charge in [-0.3, -0.25) is 11.3 Å². The molecule has 0 spiro atoms. The van der Waals surface area contributed by atoms with Gasteiger partial charge in [-0.25, -0.2) is 0 Å². The Kier molecular flexibility index (Phi) is 5.70. The maximum atomic E-state index is 6.36. The molecule has 1 aliphatic rings. The lowest BCUT2D eigenvalue weighted by molar-refractivity contribution is -0.0541. The second-order valence-corrected chi connectivity index (χ2v) is 6.21. The van der Waals surface area contributed by atoms with Gasteiger partial charge in [0.15, 0.2) is 0 Å². The molecule has 2 rings (SSSR count). The third-order valence-corrected chi connectivity index (χ3v) is 5.18. The topological polar surface area (TPSA) is 47.3 Å². The van der Waals surface area contributed by atoms with Gasteiger partial charge in [0.05, 0.1) is 21.7 Å². The summed E-state index contributed by atoms with van der Waals surface area (Å²) in [6.07, 6.45) is 6.72. The second kappa shape index (κ2) is 7.10. The Morgan fingerprint density at radius 2 is 1.85 bits per heavy atom. The molecule has 112 valence electrons. The number of ether oxygens (including phenoxy) is 1. The number of hydrazine groups is 1. The first-order valence-corrected chi connectivity index (χ1v) is 7.85. The number of rotatable bonds is 4. The molecule has 1 atom stereocenters. The fourth-order valence-electron chi connectivity index (χ4n) is 3.21. The largest absolute Gasteiger partial charge is 0.376 e. The Balaban J connectivity index is 2.40. The summed E-state index contributed by atoms with van der Waals surface area (Å²) in [5.74, 6) is 5.83. The van der Waals surface area contributed by atoms with Crippen LogP contribution in [0.5, 0.6) is 0 Å². The lowest BCUT2D eigenvalue weighted by Crippen LogP contribution is -2.48. The standard InChI is InChI=1S/C15H22Cl2N2O/c1-20-15(9-4-2-3-5-10-15)14(19-18)11-7-6-8-12(16)13(11)17/h6-8,14,19H,2-5,9-10,18H2,1H3. The molecule has 0 bridgehead atoms. The van der Waals surface area contributed by atoms with Gasteiger partial charge in [0.1, 0.15) is 0 Å². The van der Waals surface area contributed by atoms with Crippen molar-refractivity contribution in [1.29, 1.82) is 0 Å². The summed E-state index contributed by atoms with van der Waals surface area (Å²) in [5, 5.41) is 1.10. The molecular formula is C15H22Cl2N2O. The molecule has 1 aromatic carbocycles. The molecule has 1 fully saturated rings. The first-order valence-electron chi connectivity index (χ1n) is 7.10. The van der Waals surface area contributed by atoms with Crippen molar-refractivity contribution < 1.29 is 4.74 Å². The Bertz CT molecular complexity index is 445. The van der Waals surface area contributed by atoms with Crippen LogP contribution in [0, 0.1) is 0 Å². The molecular weight excluding hydrogens is 295 g/mol. The number of methoxy groups -OCH3 is 1. The van der Waals surface area contributed by atoms with Gasteiger partial charge < -0.3 is 4.74 Å². The van der Waals surface area contributed by atoms with Crippen LogP contribution >= 0.6 is 23.2 Å². The van der Waals surface area contributed by atoms with E-state index in [9.17, 15) is 0 Å². The van der Waals surface area contributed by atoms with E-state index in [0.717, 1.165) is 31.2 Å². The van der Waals surface area contributed by atoms with Crippen molar-refractivity contribution in [3.8, 4) is 0 Å². The number of benzene rings is 1. The van der Waals surface area contributed by atoms with Gasteiger partial charge in [-0.2, -0.15) is 0 Å². The SMILES string of the molecule is COC1(C(NN)c2cccc(Cl)c2Cl)CCCCCC1. The molecule has 20 heavy (non-hydrogen) atoms. The molecule has 3 nitrogen and oxygen atoms in total. The molecule has 0 aromatic heterocycles. The zero-order valence-corrected chi connectivity index (χ0v) is 13.3. The van der Waals surface area contributed by atoms with Crippen LogP contribution < -0.4 is 11.3 Å². The number of halogens is 2. The predicted octanol–water partition coefficient (Wildman–Crippen LogP) is 4.24. The fourth-order valence-corrected chi connectivity index (χ4v) is 3.62. The average Bonchev–Trinajstić information content (AvgIpc) is 2.71. The van der Waals surface area contributed by atoms with Gasteiger partial charge >= 0.3 is 0 Å². The summed E-state index contributed by atoms with van der Waals surface area (Å²) < 4.78 is 5.92. The van der Waals surface area contributed by atoms with E-state index in [1.165, 1.54) is 12.8 Å². The Labute approximate surface area is 130 Å². The van der Waals surface area contributed by atoms with Crippen molar-refractivity contribution in [2.75, 3.05) is 7.11 Å². The number of hydrogen-bond donors (Lipinski definition) is 2. The molecule has 3 N–H and O–H groups in total. The van der Waals surface area contributed by atoms with Crippen LogP contribution in [-0.2, 0) is 4.74 Å². The van der Waals surface area contributed by atoms with E-state index in [-0.39, 0.29) is 11.6 Å².